The van der Waals surface area contributed by atoms with Crippen LogP contribution in [0.1, 0.15) is 29.5 Å². The predicted octanol–water partition coefficient (Wildman–Crippen LogP) is 4.58. The molecule has 8 nitrogen and oxygen atoms in total. The second kappa shape index (κ2) is 10.8. The number of hydrogen-bond acceptors (Lipinski definition) is 7. The molecule has 0 bridgehead atoms. The Morgan fingerprint density at radius 2 is 2.21 bits per heavy atom. The van der Waals surface area contributed by atoms with Crippen LogP contribution in [0.15, 0.2) is 57.9 Å². The first-order valence-corrected chi connectivity index (χ1v) is 11.7. The SMILES string of the molecule is CN=CC(Cc1cnn(CC2CC2)c1)=C(N)c1ccc(F)cc1COc1cc(Br)cnc1NO. The quantitative estimate of drug-likeness (QED) is 0.262. The predicted molar refractivity (Wildman–Crippen MR) is 132 cm³/mol. The summed E-state index contributed by atoms with van der Waals surface area (Å²) in [6.45, 7) is 0.946. The molecule has 1 fully saturated rings. The molecule has 2 aromatic heterocycles. The average Bonchev–Trinajstić information content (AvgIpc) is 3.53. The fourth-order valence-electron chi connectivity index (χ4n) is 3.64. The van der Waals surface area contributed by atoms with Crippen molar-refractivity contribution in [3.05, 3.63) is 75.4 Å². The minimum Gasteiger partial charge on any atom is -0.485 e. The summed E-state index contributed by atoms with van der Waals surface area (Å²) in [4.78, 5) is 8.21. The van der Waals surface area contributed by atoms with Gasteiger partial charge >= 0.3 is 0 Å². The minimum absolute atomic E-state index is 0.0104. The minimum atomic E-state index is -0.407. The molecular formula is C24H26BrFN6O2. The lowest BCUT2D eigenvalue weighted by atomic mass is 9.98. The molecular weight excluding hydrogens is 503 g/mol. The topological polar surface area (TPSA) is 111 Å². The number of ether oxygens (including phenoxy) is 1. The number of nitrogens with two attached hydrogens (primary N) is 1. The van der Waals surface area contributed by atoms with Crippen molar-refractivity contribution in [1.29, 1.82) is 0 Å². The van der Waals surface area contributed by atoms with Crippen LogP contribution in [-0.2, 0) is 19.6 Å². The number of anilines is 1. The number of nitrogens with one attached hydrogen (secondary N) is 1. The Labute approximate surface area is 205 Å². The highest BCUT2D eigenvalue weighted by Gasteiger charge is 2.22. The molecule has 34 heavy (non-hydrogen) atoms. The molecule has 4 rings (SSSR count). The highest BCUT2D eigenvalue weighted by atomic mass is 79.9. The second-order valence-electron chi connectivity index (χ2n) is 8.22. The van der Waals surface area contributed by atoms with Crippen molar-refractivity contribution in [2.45, 2.75) is 32.4 Å². The van der Waals surface area contributed by atoms with Gasteiger partial charge in [-0.05, 0) is 70.1 Å². The number of pyridine rings is 1. The fraction of sp³-hybridized carbons (Fsp3) is 0.292. The van der Waals surface area contributed by atoms with E-state index in [2.05, 4.69) is 31.0 Å². The van der Waals surface area contributed by atoms with E-state index in [0.717, 1.165) is 23.6 Å². The zero-order chi connectivity index (χ0) is 24.1. The third-order valence-corrected chi connectivity index (χ3v) is 5.95. The van der Waals surface area contributed by atoms with Crippen LogP contribution in [0.4, 0.5) is 10.2 Å². The number of rotatable bonds is 10. The van der Waals surface area contributed by atoms with Gasteiger partial charge in [-0.3, -0.25) is 14.9 Å². The first kappa shape index (κ1) is 23.9. The Morgan fingerprint density at radius 1 is 1.38 bits per heavy atom. The van der Waals surface area contributed by atoms with Gasteiger partial charge < -0.3 is 10.5 Å². The van der Waals surface area contributed by atoms with Crippen molar-refractivity contribution in [3.8, 4) is 5.75 Å². The van der Waals surface area contributed by atoms with Crippen molar-refractivity contribution in [2.24, 2.45) is 16.6 Å². The van der Waals surface area contributed by atoms with Crippen LogP contribution in [0.25, 0.3) is 5.70 Å². The van der Waals surface area contributed by atoms with E-state index in [1.807, 2.05) is 22.6 Å². The summed E-state index contributed by atoms with van der Waals surface area (Å²) in [5.74, 6) is 0.767. The van der Waals surface area contributed by atoms with E-state index in [1.165, 1.54) is 31.2 Å². The maximum absolute atomic E-state index is 14.1. The molecule has 10 heteroatoms. The van der Waals surface area contributed by atoms with Crippen LogP contribution in [-0.4, -0.2) is 33.2 Å². The Morgan fingerprint density at radius 3 is 2.94 bits per heavy atom. The summed E-state index contributed by atoms with van der Waals surface area (Å²) >= 11 is 3.33. The number of aliphatic imine (C=N–C) groups is 1. The highest BCUT2D eigenvalue weighted by Crippen LogP contribution is 2.31. The van der Waals surface area contributed by atoms with Gasteiger partial charge in [-0.15, -0.1) is 0 Å². The third-order valence-electron chi connectivity index (χ3n) is 5.52. The van der Waals surface area contributed by atoms with Gasteiger partial charge in [0.05, 0.1) is 6.20 Å². The van der Waals surface area contributed by atoms with Crippen LogP contribution in [0.5, 0.6) is 5.75 Å². The number of halogens is 2. The van der Waals surface area contributed by atoms with Gasteiger partial charge in [0.1, 0.15) is 12.4 Å². The van der Waals surface area contributed by atoms with Crippen molar-refractivity contribution in [2.75, 3.05) is 12.5 Å². The molecule has 0 aliphatic heterocycles. The maximum Gasteiger partial charge on any atom is 0.192 e. The molecule has 0 spiro atoms. The molecule has 1 saturated carbocycles. The van der Waals surface area contributed by atoms with Gasteiger partial charge in [0.15, 0.2) is 11.6 Å². The third kappa shape index (κ3) is 6.00. The van der Waals surface area contributed by atoms with Crippen LogP contribution in [0, 0.1) is 11.7 Å². The lowest BCUT2D eigenvalue weighted by Gasteiger charge is -2.15. The number of hydrogen-bond donors (Lipinski definition) is 3. The number of allylic oxidation sites excluding steroid dienone is 1. The molecule has 0 unspecified atom stereocenters. The van der Waals surface area contributed by atoms with Gasteiger partial charge in [-0.2, -0.15) is 5.10 Å². The molecule has 1 aliphatic carbocycles. The molecule has 1 aromatic carbocycles. The van der Waals surface area contributed by atoms with E-state index in [1.54, 1.807) is 25.4 Å². The fourth-order valence-corrected chi connectivity index (χ4v) is 3.95. The van der Waals surface area contributed by atoms with Gasteiger partial charge in [-0.25, -0.2) is 14.9 Å². The second-order valence-corrected chi connectivity index (χ2v) is 9.13. The van der Waals surface area contributed by atoms with E-state index in [0.29, 0.717) is 33.5 Å². The maximum atomic E-state index is 14.1. The normalized spacial score (nSPS) is 14.4. The molecule has 0 saturated heterocycles. The van der Waals surface area contributed by atoms with Crippen LogP contribution < -0.4 is 16.0 Å². The molecule has 0 amide bonds. The Hall–Kier alpha value is -3.24. The Bertz CT molecular complexity index is 1220. The van der Waals surface area contributed by atoms with Gasteiger partial charge in [0.25, 0.3) is 0 Å². The smallest absolute Gasteiger partial charge is 0.192 e. The Balaban J connectivity index is 1.60. The lowest BCUT2D eigenvalue weighted by Crippen LogP contribution is -2.10. The molecule has 0 atom stereocenters. The lowest BCUT2D eigenvalue weighted by molar-refractivity contribution is 0.299. The zero-order valence-electron chi connectivity index (χ0n) is 18.7. The van der Waals surface area contributed by atoms with E-state index in [9.17, 15) is 9.60 Å². The average molecular weight is 529 g/mol. The van der Waals surface area contributed by atoms with Gasteiger partial charge in [0, 0.05) is 59.9 Å². The Kier molecular flexibility index (Phi) is 7.59. The van der Waals surface area contributed by atoms with Gasteiger partial charge in [-0.1, -0.05) is 0 Å². The summed E-state index contributed by atoms with van der Waals surface area (Å²) in [6.07, 6.45) is 10.2. The largest absolute Gasteiger partial charge is 0.485 e. The van der Waals surface area contributed by atoms with Crippen molar-refractivity contribution in [1.82, 2.24) is 14.8 Å². The van der Waals surface area contributed by atoms with Crippen molar-refractivity contribution < 1.29 is 14.3 Å². The summed E-state index contributed by atoms with van der Waals surface area (Å²) in [7, 11) is 1.68. The molecule has 4 N–H and O–H groups in total. The first-order valence-electron chi connectivity index (χ1n) is 10.9. The monoisotopic (exact) mass is 528 g/mol. The molecule has 178 valence electrons. The summed E-state index contributed by atoms with van der Waals surface area (Å²) in [5, 5.41) is 13.8. The van der Waals surface area contributed by atoms with Crippen LogP contribution >= 0.6 is 15.9 Å². The van der Waals surface area contributed by atoms with Crippen LogP contribution in [0.2, 0.25) is 0 Å². The molecule has 0 radical (unpaired) electrons. The van der Waals surface area contributed by atoms with E-state index in [4.69, 9.17) is 10.5 Å². The molecule has 1 aliphatic rings. The number of nitrogens with zero attached hydrogens (tertiary/aromatic N) is 4. The van der Waals surface area contributed by atoms with E-state index < -0.39 is 5.82 Å². The zero-order valence-corrected chi connectivity index (χ0v) is 20.3. The molecule has 2 heterocycles. The summed E-state index contributed by atoms with van der Waals surface area (Å²) < 4.78 is 22.6. The molecule has 3 aromatic rings. The van der Waals surface area contributed by atoms with Crippen molar-refractivity contribution >= 4 is 33.7 Å². The van der Waals surface area contributed by atoms with Gasteiger partial charge in [0.2, 0.25) is 0 Å². The number of aromatic nitrogens is 3. The van der Waals surface area contributed by atoms with Crippen LogP contribution in [0.3, 0.4) is 0 Å². The highest BCUT2D eigenvalue weighted by molar-refractivity contribution is 9.10. The summed E-state index contributed by atoms with van der Waals surface area (Å²) in [5.41, 5.74) is 12.1. The van der Waals surface area contributed by atoms with E-state index >= 15 is 0 Å². The van der Waals surface area contributed by atoms with Crippen molar-refractivity contribution in [3.63, 3.8) is 0 Å². The standard InChI is InChI=1S/C24H26BrFN6O2/c1-28-10-17(6-16-9-30-32(13-16)12-15-2-3-15)23(27)21-5-4-20(26)7-18(21)14-34-22-8-19(25)11-29-24(22)31-33/h4-5,7-11,13,15,33H,2-3,6,12,14,27H2,1H3,(H,29,31). The summed E-state index contributed by atoms with van der Waals surface area (Å²) in [6, 6.07) is 6.03. The first-order chi connectivity index (χ1) is 16.5. The van der Waals surface area contributed by atoms with E-state index in [-0.39, 0.29) is 12.4 Å². The number of benzene rings is 1.